The van der Waals surface area contributed by atoms with Crippen molar-refractivity contribution >= 4 is 5.97 Å². The number of carbonyl (C=O) groups is 1. The molecule has 4 heteroatoms. The van der Waals surface area contributed by atoms with Gasteiger partial charge in [-0.3, -0.25) is 9.69 Å². The van der Waals surface area contributed by atoms with Crippen molar-refractivity contribution in [3.63, 3.8) is 0 Å². The third kappa shape index (κ3) is 5.04. The Morgan fingerprint density at radius 3 is 3.00 bits per heavy atom. The number of hydrogen-bond donors (Lipinski definition) is 1. The van der Waals surface area contributed by atoms with Crippen LogP contribution in [0.25, 0.3) is 0 Å². The van der Waals surface area contributed by atoms with E-state index in [1.807, 2.05) is 14.0 Å². The number of ether oxygens (including phenoxy) is 1. The van der Waals surface area contributed by atoms with E-state index >= 15 is 0 Å². The van der Waals surface area contributed by atoms with Gasteiger partial charge in [0.25, 0.3) is 0 Å². The smallest absolute Gasteiger partial charge is 0.307 e. The van der Waals surface area contributed by atoms with Crippen LogP contribution >= 0.6 is 0 Å². The molecule has 1 aliphatic rings. The standard InChI is InChI=1S/C13H26N2O2/c1-4-17-13(16)8-11(2)15-7-5-6-12(10-15)9-14-3/h11-12,14H,4-10H2,1-3H3. The first-order chi connectivity index (χ1) is 8.17. The maximum Gasteiger partial charge on any atom is 0.307 e. The molecule has 0 amide bonds. The quantitative estimate of drug-likeness (QED) is 0.712. The first-order valence-electron chi connectivity index (χ1n) is 6.71. The summed E-state index contributed by atoms with van der Waals surface area (Å²) in [7, 11) is 2.00. The molecule has 17 heavy (non-hydrogen) atoms. The minimum Gasteiger partial charge on any atom is -0.466 e. The van der Waals surface area contributed by atoms with Crippen molar-refractivity contribution in [3.8, 4) is 0 Å². The Bertz CT molecular complexity index is 231. The predicted molar refractivity (Wildman–Crippen MR) is 68.9 cm³/mol. The SMILES string of the molecule is CCOC(=O)CC(C)N1CCCC(CNC)C1. The Balaban J connectivity index is 2.35. The van der Waals surface area contributed by atoms with Crippen molar-refractivity contribution in [3.05, 3.63) is 0 Å². The Morgan fingerprint density at radius 2 is 2.35 bits per heavy atom. The molecular formula is C13H26N2O2. The Morgan fingerprint density at radius 1 is 1.59 bits per heavy atom. The summed E-state index contributed by atoms with van der Waals surface area (Å²) in [5.74, 6) is 0.647. The van der Waals surface area contributed by atoms with Gasteiger partial charge in [0.2, 0.25) is 0 Å². The van der Waals surface area contributed by atoms with Gasteiger partial charge in [-0.2, -0.15) is 0 Å². The van der Waals surface area contributed by atoms with E-state index < -0.39 is 0 Å². The van der Waals surface area contributed by atoms with Crippen LogP contribution in [-0.2, 0) is 9.53 Å². The lowest BCUT2D eigenvalue weighted by Crippen LogP contribution is -2.44. The molecule has 0 aliphatic carbocycles. The number of nitrogens with zero attached hydrogens (tertiary/aromatic N) is 1. The number of likely N-dealkylation sites (tertiary alicyclic amines) is 1. The zero-order valence-corrected chi connectivity index (χ0v) is 11.4. The fourth-order valence-electron chi connectivity index (χ4n) is 2.54. The van der Waals surface area contributed by atoms with E-state index in [0.29, 0.717) is 19.1 Å². The molecule has 2 unspecified atom stereocenters. The second kappa shape index (κ2) is 7.67. The fourth-order valence-corrected chi connectivity index (χ4v) is 2.54. The van der Waals surface area contributed by atoms with Gasteiger partial charge in [-0.05, 0) is 52.7 Å². The second-order valence-corrected chi connectivity index (χ2v) is 4.92. The number of rotatable bonds is 6. The molecule has 0 aromatic rings. The predicted octanol–water partition coefficient (Wildman–Crippen LogP) is 1.26. The summed E-state index contributed by atoms with van der Waals surface area (Å²) >= 11 is 0. The van der Waals surface area contributed by atoms with Crippen molar-refractivity contribution in [2.24, 2.45) is 5.92 Å². The molecule has 2 atom stereocenters. The van der Waals surface area contributed by atoms with Crippen LogP contribution < -0.4 is 5.32 Å². The summed E-state index contributed by atoms with van der Waals surface area (Å²) in [5, 5.41) is 3.24. The van der Waals surface area contributed by atoms with E-state index in [-0.39, 0.29) is 5.97 Å². The minimum absolute atomic E-state index is 0.0734. The lowest BCUT2D eigenvalue weighted by atomic mass is 9.96. The van der Waals surface area contributed by atoms with Gasteiger partial charge in [0, 0.05) is 12.6 Å². The maximum absolute atomic E-state index is 11.4. The van der Waals surface area contributed by atoms with Crippen LogP contribution in [0.2, 0.25) is 0 Å². The molecule has 0 saturated carbocycles. The summed E-state index contributed by atoms with van der Waals surface area (Å²) in [6, 6.07) is 0.300. The second-order valence-electron chi connectivity index (χ2n) is 4.92. The highest BCUT2D eigenvalue weighted by Gasteiger charge is 2.24. The van der Waals surface area contributed by atoms with Gasteiger partial charge in [0.15, 0.2) is 0 Å². The lowest BCUT2D eigenvalue weighted by Gasteiger charge is -2.36. The van der Waals surface area contributed by atoms with Crippen LogP contribution in [0.3, 0.4) is 0 Å². The Kier molecular flexibility index (Phi) is 6.52. The van der Waals surface area contributed by atoms with Crippen molar-refractivity contribution in [2.45, 2.75) is 39.2 Å². The molecule has 1 fully saturated rings. The summed E-state index contributed by atoms with van der Waals surface area (Å²) in [6.07, 6.45) is 3.04. The summed E-state index contributed by atoms with van der Waals surface area (Å²) in [5.41, 5.74) is 0. The Hall–Kier alpha value is -0.610. The van der Waals surface area contributed by atoms with Crippen LogP contribution in [0.15, 0.2) is 0 Å². The normalized spacial score (nSPS) is 23.4. The van der Waals surface area contributed by atoms with E-state index in [0.717, 1.165) is 25.6 Å². The van der Waals surface area contributed by atoms with Crippen molar-refractivity contribution in [1.82, 2.24) is 10.2 Å². The van der Waals surface area contributed by atoms with Gasteiger partial charge in [0.05, 0.1) is 13.0 Å². The number of piperidine rings is 1. The number of esters is 1. The summed E-state index contributed by atoms with van der Waals surface area (Å²) in [6.45, 7) is 7.74. The van der Waals surface area contributed by atoms with Gasteiger partial charge in [-0.15, -0.1) is 0 Å². The molecule has 0 aromatic heterocycles. The Labute approximate surface area is 105 Å². The van der Waals surface area contributed by atoms with E-state index in [1.54, 1.807) is 0 Å². The zero-order valence-electron chi connectivity index (χ0n) is 11.4. The zero-order chi connectivity index (χ0) is 12.7. The minimum atomic E-state index is -0.0734. The van der Waals surface area contributed by atoms with Crippen LogP contribution in [0.4, 0.5) is 0 Å². The maximum atomic E-state index is 11.4. The van der Waals surface area contributed by atoms with Crippen molar-refractivity contribution < 1.29 is 9.53 Å². The average Bonchev–Trinajstić information content (AvgIpc) is 2.30. The lowest BCUT2D eigenvalue weighted by molar-refractivity contribution is -0.144. The van der Waals surface area contributed by atoms with E-state index in [4.69, 9.17) is 4.74 Å². The third-order valence-corrected chi connectivity index (χ3v) is 3.43. The van der Waals surface area contributed by atoms with Crippen LogP contribution in [0.5, 0.6) is 0 Å². The van der Waals surface area contributed by atoms with Gasteiger partial charge in [-0.1, -0.05) is 0 Å². The molecule has 1 saturated heterocycles. The van der Waals surface area contributed by atoms with E-state index in [2.05, 4.69) is 17.1 Å². The fraction of sp³-hybridized carbons (Fsp3) is 0.923. The van der Waals surface area contributed by atoms with E-state index in [9.17, 15) is 4.79 Å². The molecule has 1 aliphatic heterocycles. The summed E-state index contributed by atoms with van der Waals surface area (Å²) < 4.78 is 5.00. The first kappa shape index (κ1) is 14.5. The molecule has 1 heterocycles. The molecule has 1 N–H and O–H groups in total. The van der Waals surface area contributed by atoms with Crippen LogP contribution in [0, 0.1) is 5.92 Å². The molecule has 1 rings (SSSR count). The van der Waals surface area contributed by atoms with Crippen molar-refractivity contribution in [1.29, 1.82) is 0 Å². The van der Waals surface area contributed by atoms with Crippen LogP contribution in [0.1, 0.15) is 33.1 Å². The number of carbonyl (C=O) groups excluding carboxylic acids is 1. The third-order valence-electron chi connectivity index (χ3n) is 3.43. The number of hydrogen-bond acceptors (Lipinski definition) is 4. The van der Waals surface area contributed by atoms with Gasteiger partial charge in [0.1, 0.15) is 0 Å². The highest BCUT2D eigenvalue weighted by atomic mass is 16.5. The topological polar surface area (TPSA) is 41.6 Å². The monoisotopic (exact) mass is 242 g/mol. The molecule has 0 bridgehead atoms. The number of nitrogens with one attached hydrogen (secondary N) is 1. The highest BCUT2D eigenvalue weighted by Crippen LogP contribution is 2.19. The van der Waals surface area contributed by atoms with Crippen molar-refractivity contribution in [2.75, 3.05) is 33.3 Å². The molecule has 0 aromatic carbocycles. The molecule has 100 valence electrons. The molecule has 0 radical (unpaired) electrons. The largest absolute Gasteiger partial charge is 0.466 e. The summed E-state index contributed by atoms with van der Waals surface area (Å²) in [4.78, 5) is 13.9. The molecule has 0 spiro atoms. The van der Waals surface area contributed by atoms with Gasteiger partial charge < -0.3 is 10.1 Å². The van der Waals surface area contributed by atoms with E-state index in [1.165, 1.54) is 12.8 Å². The average molecular weight is 242 g/mol. The van der Waals surface area contributed by atoms with Crippen LogP contribution in [-0.4, -0.2) is 50.2 Å². The first-order valence-corrected chi connectivity index (χ1v) is 6.71. The highest BCUT2D eigenvalue weighted by molar-refractivity contribution is 5.70. The molecular weight excluding hydrogens is 216 g/mol. The van der Waals surface area contributed by atoms with Gasteiger partial charge >= 0.3 is 5.97 Å². The molecule has 4 nitrogen and oxygen atoms in total. The van der Waals surface area contributed by atoms with Gasteiger partial charge in [-0.25, -0.2) is 0 Å².